The molecule has 0 saturated heterocycles. The molecule has 0 aliphatic heterocycles. The molecule has 1 N–H and O–H groups in total. The van der Waals surface area contributed by atoms with Gasteiger partial charge in [-0.25, -0.2) is 13.1 Å². The Hall–Kier alpha value is -1.18. The first-order valence-electron chi connectivity index (χ1n) is 4.99. The molecule has 0 radical (unpaired) electrons. The molecule has 17 heavy (non-hydrogen) atoms. The highest BCUT2D eigenvalue weighted by molar-refractivity contribution is 7.89. The van der Waals surface area contributed by atoms with Crippen LogP contribution in [-0.4, -0.2) is 19.4 Å². The van der Waals surface area contributed by atoms with Gasteiger partial charge in [0.25, 0.3) is 10.0 Å². The van der Waals surface area contributed by atoms with Gasteiger partial charge < -0.3 is 4.42 Å². The van der Waals surface area contributed by atoms with Crippen LogP contribution in [0.1, 0.15) is 13.8 Å². The lowest BCUT2D eigenvalue weighted by Gasteiger charge is -2.08. The maximum absolute atomic E-state index is 12.0. The average Bonchev–Trinajstić information content (AvgIpc) is 2.86. The van der Waals surface area contributed by atoms with E-state index in [9.17, 15) is 8.42 Å². The highest BCUT2D eigenvalue weighted by Crippen LogP contribution is 2.30. The minimum Gasteiger partial charge on any atom is -0.451 e. The van der Waals surface area contributed by atoms with Crippen LogP contribution >= 0.6 is 11.3 Å². The molecular weight excluding hydrogens is 260 g/mol. The zero-order valence-electron chi connectivity index (χ0n) is 9.38. The van der Waals surface area contributed by atoms with E-state index in [4.69, 9.17) is 4.42 Å². The number of furan rings is 1. The van der Waals surface area contributed by atoms with Gasteiger partial charge in [0.05, 0.1) is 22.2 Å². The summed E-state index contributed by atoms with van der Waals surface area (Å²) in [6.45, 7) is 3.51. The molecule has 0 aliphatic carbocycles. The van der Waals surface area contributed by atoms with E-state index >= 15 is 0 Å². The van der Waals surface area contributed by atoms with Gasteiger partial charge in [-0.1, -0.05) is 0 Å². The highest BCUT2D eigenvalue weighted by Gasteiger charge is 2.24. The fourth-order valence-electron chi connectivity index (χ4n) is 1.40. The Kier molecular flexibility index (Phi) is 3.32. The Bertz CT molecular complexity index is 585. The summed E-state index contributed by atoms with van der Waals surface area (Å²) in [5.74, 6) is 0. The van der Waals surface area contributed by atoms with Crippen LogP contribution in [0.15, 0.2) is 33.5 Å². The van der Waals surface area contributed by atoms with Crippen molar-refractivity contribution in [3.8, 4) is 10.4 Å². The Labute approximate surface area is 104 Å². The van der Waals surface area contributed by atoms with Gasteiger partial charge in [0.1, 0.15) is 0 Å². The predicted octanol–water partition coefficient (Wildman–Crippen LogP) is 2.09. The van der Waals surface area contributed by atoms with Crippen LogP contribution < -0.4 is 4.72 Å². The van der Waals surface area contributed by atoms with Gasteiger partial charge in [-0.3, -0.25) is 4.98 Å². The van der Waals surface area contributed by atoms with E-state index in [1.54, 1.807) is 31.6 Å². The van der Waals surface area contributed by atoms with Crippen molar-refractivity contribution in [2.45, 2.75) is 25.0 Å². The SMILES string of the molecule is CC(C)NS(=O)(=O)c1occc1-c1cncs1. The van der Waals surface area contributed by atoms with E-state index in [1.165, 1.54) is 17.6 Å². The molecule has 0 saturated carbocycles. The minimum absolute atomic E-state index is 0.0598. The van der Waals surface area contributed by atoms with Gasteiger partial charge in [0, 0.05) is 12.2 Å². The number of hydrogen-bond acceptors (Lipinski definition) is 5. The second kappa shape index (κ2) is 4.59. The molecule has 0 aromatic carbocycles. The topological polar surface area (TPSA) is 72.2 Å². The molecule has 0 aliphatic rings. The van der Waals surface area contributed by atoms with Gasteiger partial charge in [-0.2, -0.15) is 0 Å². The Balaban J connectivity index is 2.45. The van der Waals surface area contributed by atoms with Gasteiger partial charge in [0.2, 0.25) is 5.09 Å². The molecule has 2 aromatic rings. The van der Waals surface area contributed by atoms with Crippen molar-refractivity contribution >= 4 is 21.4 Å². The van der Waals surface area contributed by atoms with Gasteiger partial charge in [-0.15, -0.1) is 11.3 Å². The number of rotatable bonds is 4. The summed E-state index contributed by atoms with van der Waals surface area (Å²) in [6, 6.07) is 1.45. The smallest absolute Gasteiger partial charge is 0.274 e. The van der Waals surface area contributed by atoms with Gasteiger partial charge in [-0.05, 0) is 19.9 Å². The molecular formula is C10H12N2O3S2. The summed E-state index contributed by atoms with van der Waals surface area (Å²) < 4.78 is 31.6. The van der Waals surface area contributed by atoms with Crippen LogP contribution in [0.5, 0.6) is 0 Å². The summed E-state index contributed by atoms with van der Waals surface area (Å²) in [4.78, 5) is 4.69. The number of thiazole rings is 1. The molecule has 2 heterocycles. The zero-order valence-corrected chi connectivity index (χ0v) is 11.0. The van der Waals surface area contributed by atoms with Crippen molar-refractivity contribution in [3.05, 3.63) is 24.0 Å². The van der Waals surface area contributed by atoms with Gasteiger partial charge >= 0.3 is 0 Å². The predicted molar refractivity (Wildman–Crippen MR) is 65.3 cm³/mol. The van der Waals surface area contributed by atoms with Crippen molar-refractivity contribution in [1.82, 2.24) is 9.71 Å². The molecule has 0 bridgehead atoms. The lowest BCUT2D eigenvalue weighted by atomic mass is 10.3. The van der Waals surface area contributed by atoms with E-state index in [2.05, 4.69) is 9.71 Å². The van der Waals surface area contributed by atoms with E-state index < -0.39 is 10.0 Å². The maximum Gasteiger partial charge on any atom is 0.274 e. The second-order valence-corrected chi connectivity index (χ2v) is 6.26. The van der Waals surface area contributed by atoms with Crippen molar-refractivity contribution in [2.24, 2.45) is 0 Å². The number of hydrogen-bond donors (Lipinski definition) is 1. The quantitative estimate of drug-likeness (QED) is 0.925. The molecule has 92 valence electrons. The summed E-state index contributed by atoms with van der Waals surface area (Å²) in [5.41, 5.74) is 2.19. The van der Waals surface area contributed by atoms with Crippen molar-refractivity contribution in [1.29, 1.82) is 0 Å². The first-order valence-corrected chi connectivity index (χ1v) is 7.35. The number of sulfonamides is 1. The van der Waals surface area contributed by atoms with Crippen LogP contribution in [0, 0.1) is 0 Å². The number of nitrogens with one attached hydrogen (secondary N) is 1. The lowest BCUT2D eigenvalue weighted by molar-refractivity contribution is 0.445. The van der Waals surface area contributed by atoms with Crippen molar-refractivity contribution in [2.75, 3.05) is 0 Å². The van der Waals surface area contributed by atoms with E-state index in [0.717, 1.165) is 4.88 Å². The molecule has 0 amide bonds. The molecule has 0 fully saturated rings. The molecule has 0 spiro atoms. The molecule has 7 heteroatoms. The summed E-state index contributed by atoms with van der Waals surface area (Å²) >= 11 is 1.37. The van der Waals surface area contributed by atoms with Crippen LogP contribution in [-0.2, 0) is 10.0 Å². The largest absolute Gasteiger partial charge is 0.451 e. The Morgan fingerprint density at radius 3 is 2.82 bits per heavy atom. The minimum atomic E-state index is -3.61. The average molecular weight is 272 g/mol. The summed E-state index contributed by atoms with van der Waals surface area (Å²) in [6.07, 6.45) is 2.98. The first kappa shape index (κ1) is 12.3. The van der Waals surface area contributed by atoms with Crippen molar-refractivity contribution in [3.63, 3.8) is 0 Å². The van der Waals surface area contributed by atoms with Gasteiger partial charge in [0.15, 0.2) is 0 Å². The normalized spacial score (nSPS) is 12.2. The van der Waals surface area contributed by atoms with Crippen LogP contribution in [0.2, 0.25) is 0 Å². The lowest BCUT2D eigenvalue weighted by Crippen LogP contribution is -2.30. The van der Waals surface area contributed by atoms with Crippen LogP contribution in [0.4, 0.5) is 0 Å². The van der Waals surface area contributed by atoms with E-state index in [-0.39, 0.29) is 11.1 Å². The third-order valence-corrected chi connectivity index (χ3v) is 4.35. The maximum atomic E-state index is 12.0. The van der Waals surface area contributed by atoms with Crippen LogP contribution in [0.3, 0.4) is 0 Å². The standard InChI is InChI=1S/C10H12N2O3S2/c1-7(2)12-17(13,14)10-8(3-4-15-10)9-5-11-6-16-9/h3-7,12H,1-2H3. The Morgan fingerprint density at radius 1 is 1.47 bits per heavy atom. The molecule has 5 nitrogen and oxygen atoms in total. The molecule has 2 rings (SSSR count). The second-order valence-electron chi connectivity index (χ2n) is 3.76. The third-order valence-electron chi connectivity index (χ3n) is 1.96. The fraction of sp³-hybridized carbons (Fsp3) is 0.300. The van der Waals surface area contributed by atoms with Crippen molar-refractivity contribution < 1.29 is 12.8 Å². The number of nitrogens with zero attached hydrogens (tertiary/aromatic N) is 1. The third kappa shape index (κ3) is 2.56. The molecule has 0 atom stereocenters. The molecule has 2 aromatic heterocycles. The molecule has 0 unspecified atom stereocenters. The van der Waals surface area contributed by atoms with E-state index in [0.29, 0.717) is 5.56 Å². The monoisotopic (exact) mass is 272 g/mol. The van der Waals surface area contributed by atoms with Crippen LogP contribution in [0.25, 0.3) is 10.4 Å². The summed E-state index contributed by atoms with van der Waals surface area (Å²) in [7, 11) is -3.61. The first-order chi connectivity index (χ1) is 8.00. The van der Waals surface area contributed by atoms with E-state index in [1.807, 2.05) is 0 Å². The Morgan fingerprint density at radius 2 is 2.24 bits per heavy atom. The fourth-order valence-corrected chi connectivity index (χ4v) is 3.49. The zero-order chi connectivity index (χ0) is 12.5. The number of aromatic nitrogens is 1. The summed E-state index contributed by atoms with van der Waals surface area (Å²) in [5, 5.41) is -0.0598. The highest BCUT2D eigenvalue weighted by atomic mass is 32.2.